The zero-order valence-electron chi connectivity index (χ0n) is 15.3. The van der Waals surface area contributed by atoms with Crippen molar-refractivity contribution in [1.29, 1.82) is 0 Å². The summed E-state index contributed by atoms with van der Waals surface area (Å²) in [7, 11) is -2.03. The number of hydrogen-bond donors (Lipinski definition) is 1. The first-order valence-corrected chi connectivity index (χ1v) is 10.9. The number of amides is 2. The van der Waals surface area contributed by atoms with Crippen LogP contribution in [0.15, 0.2) is 52.0 Å². The summed E-state index contributed by atoms with van der Waals surface area (Å²) in [4.78, 5) is 18.3. The van der Waals surface area contributed by atoms with Crippen LogP contribution < -0.4 is 10.1 Å². The first-order valence-electron chi connectivity index (χ1n) is 8.67. The van der Waals surface area contributed by atoms with E-state index in [9.17, 15) is 13.2 Å². The third-order valence-corrected chi connectivity index (χ3v) is 6.80. The lowest BCUT2D eigenvalue weighted by Gasteiger charge is -2.34. The Hall–Kier alpha value is -2.17. The van der Waals surface area contributed by atoms with E-state index in [2.05, 4.69) is 26.2 Å². The van der Waals surface area contributed by atoms with Crippen LogP contribution in [0, 0.1) is 0 Å². The van der Waals surface area contributed by atoms with E-state index in [4.69, 9.17) is 4.74 Å². The fourth-order valence-electron chi connectivity index (χ4n) is 2.83. The molecule has 2 aromatic rings. The molecule has 3 rings (SSSR count). The lowest BCUT2D eigenvalue weighted by atomic mass is 10.3. The Balaban J connectivity index is 1.53. The average molecular weight is 469 g/mol. The van der Waals surface area contributed by atoms with E-state index in [0.29, 0.717) is 30.0 Å². The standard InChI is InChI=1S/C18H21BrN4O4S/c1-27-17-6-5-14(12-20-17)13-21-18(24)22-7-9-23(10-8-22)28(25,26)16-4-2-3-15(19)11-16/h2-6,11-12H,7-10,13H2,1H3,(H,21,24). The first kappa shape index (κ1) is 20.6. The number of halogens is 1. The number of carbonyl (C=O) groups is 1. The monoisotopic (exact) mass is 468 g/mol. The molecule has 1 aromatic heterocycles. The molecule has 1 aliphatic heterocycles. The molecule has 1 fully saturated rings. The van der Waals surface area contributed by atoms with Gasteiger partial charge in [0.25, 0.3) is 0 Å². The fraction of sp³-hybridized carbons (Fsp3) is 0.333. The quantitative estimate of drug-likeness (QED) is 0.724. The van der Waals surface area contributed by atoms with Crippen LogP contribution in [-0.4, -0.2) is 61.9 Å². The largest absolute Gasteiger partial charge is 0.481 e. The molecule has 28 heavy (non-hydrogen) atoms. The number of carbonyl (C=O) groups excluding carboxylic acids is 1. The number of sulfonamides is 1. The van der Waals surface area contributed by atoms with Gasteiger partial charge in [0.05, 0.1) is 12.0 Å². The number of benzene rings is 1. The summed E-state index contributed by atoms with van der Waals surface area (Å²) < 4.78 is 32.6. The molecule has 10 heteroatoms. The van der Waals surface area contributed by atoms with Crippen LogP contribution in [0.2, 0.25) is 0 Å². The number of pyridine rings is 1. The van der Waals surface area contributed by atoms with Crippen molar-refractivity contribution in [3.8, 4) is 5.88 Å². The Morgan fingerprint density at radius 1 is 1.21 bits per heavy atom. The molecule has 0 radical (unpaired) electrons. The summed E-state index contributed by atoms with van der Waals surface area (Å²) in [5.74, 6) is 0.512. The fourth-order valence-corrected chi connectivity index (χ4v) is 4.85. The van der Waals surface area contributed by atoms with Gasteiger partial charge in [0, 0.05) is 49.5 Å². The molecular weight excluding hydrogens is 448 g/mol. The van der Waals surface area contributed by atoms with Gasteiger partial charge in [-0.2, -0.15) is 4.31 Å². The van der Waals surface area contributed by atoms with Gasteiger partial charge in [0.15, 0.2) is 0 Å². The minimum Gasteiger partial charge on any atom is -0.481 e. The van der Waals surface area contributed by atoms with Crippen LogP contribution in [0.1, 0.15) is 5.56 Å². The second kappa shape index (κ2) is 8.89. The third-order valence-electron chi connectivity index (χ3n) is 4.41. The molecule has 0 saturated carbocycles. The molecule has 1 aliphatic rings. The van der Waals surface area contributed by atoms with Gasteiger partial charge in [-0.25, -0.2) is 18.2 Å². The van der Waals surface area contributed by atoms with Gasteiger partial charge in [0.1, 0.15) is 0 Å². The van der Waals surface area contributed by atoms with Crippen LogP contribution >= 0.6 is 15.9 Å². The van der Waals surface area contributed by atoms with Crippen LogP contribution in [0.4, 0.5) is 4.79 Å². The molecular formula is C18H21BrN4O4S. The molecule has 2 amide bonds. The molecule has 150 valence electrons. The Morgan fingerprint density at radius 3 is 2.57 bits per heavy atom. The average Bonchev–Trinajstić information content (AvgIpc) is 2.72. The Kier molecular flexibility index (Phi) is 6.53. The maximum atomic E-state index is 12.7. The highest BCUT2D eigenvalue weighted by Gasteiger charge is 2.30. The molecule has 1 N–H and O–H groups in total. The zero-order chi connectivity index (χ0) is 20.1. The van der Waals surface area contributed by atoms with Gasteiger partial charge < -0.3 is 15.0 Å². The Morgan fingerprint density at radius 2 is 1.96 bits per heavy atom. The normalized spacial score (nSPS) is 15.3. The summed E-state index contributed by atoms with van der Waals surface area (Å²) in [5.41, 5.74) is 0.852. The van der Waals surface area contributed by atoms with Crippen LogP contribution in [0.3, 0.4) is 0 Å². The molecule has 0 atom stereocenters. The first-order chi connectivity index (χ1) is 13.4. The minimum atomic E-state index is -3.57. The lowest BCUT2D eigenvalue weighted by Crippen LogP contribution is -2.52. The van der Waals surface area contributed by atoms with Gasteiger partial charge in [0.2, 0.25) is 15.9 Å². The highest BCUT2D eigenvalue weighted by molar-refractivity contribution is 9.10. The number of nitrogens with zero attached hydrogens (tertiary/aromatic N) is 3. The van der Waals surface area contributed by atoms with Crippen molar-refractivity contribution in [3.05, 3.63) is 52.6 Å². The number of ether oxygens (including phenoxy) is 1. The van der Waals surface area contributed by atoms with E-state index < -0.39 is 10.0 Å². The highest BCUT2D eigenvalue weighted by Crippen LogP contribution is 2.21. The second-order valence-corrected chi connectivity index (χ2v) is 9.07. The number of urea groups is 1. The number of aromatic nitrogens is 1. The van der Waals surface area contributed by atoms with Gasteiger partial charge >= 0.3 is 6.03 Å². The molecule has 2 heterocycles. The maximum Gasteiger partial charge on any atom is 0.317 e. The van der Waals surface area contributed by atoms with E-state index in [-0.39, 0.29) is 24.0 Å². The number of piperazine rings is 1. The number of methoxy groups -OCH3 is 1. The molecule has 0 spiro atoms. The van der Waals surface area contributed by atoms with Crippen LogP contribution in [0.5, 0.6) is 5.88 Å². The van der Waals surface area contributed by atoms with Crippen molar-refractivity contribution in [2.24, 2.45) is 0 Å². The topological polar surface area (TPSA) is 91.8 Å². The molecule has 1 aromatic carbocycles. The van der Waals surface area contributed by atoms with E-state index in [0.717, 1.165) is 5.56 Å². The van der Waals surface area contributed by atoms with Gasteiger partial charge in [-0.15, -0.1) is 0 Å². The summed E-state index contributed by atoms with van der Waals surface area (Å²) in [6, 6.07) is 9.95. The molecule has 1 saturated heterocycles. The predicted octanol–water partition coefficient (Wildman–Crippen LogP) is 2.07. The third kappa shape index (κ3) is 4.81. The SMILES string of the molecule is COc1ccc(CNC(=O)N2CCN(S(=O)(=O)c3cccc(Br)c3)CC2)cn1. The van der Waals surface area contributed by atoms with Crippen LogP contribution in [-0.2, 0) is 16.6 Å². The maximum absolute atomic E-state index is 12.7. The zero-order valence-corrected chi connectivity index (χ0v) is 17.7. The Labute approximate surface area is 172 Å². The van der Waals surface area contributed by atoms with Gasteiger partial charge in [-0.3, -0.25) is 0 Å². The molecule has 0 bridgehead atoms. The van der Waals surface area contributed by atoms with Crippen molar-refractivity contribution < 1.29 is 17.9 Å². The number of hydrogen-bond acceptors (Lipinski definition) is 5. The highest BCUT2D eigenvalue weighted by atomic mass is 79.9. The second-order valence-electron chi connectivity index (χ2n) is 6.22. The molecule has 8 nitrogen and oxygen atoms in total. The minimum absolute atomic E-state index is 0.227. The van der Waals surface area contributed by atoms with Crippen molar-refractivity contribution in [2.45, 2.75) is 11.4 Å². The lowest BCUT2D eigenvalue weighted by molar-refractivity contribution is 0.172. The van der Waals surface area contributed by atoms with Crippen molar-refractivity contribution in [2.75, 3.05) is 33.3 Å². The summed E-state index contributed by atoms with van der Waals surface area (Å²) in [5, 5.41) is 2.83. The Bertz CT molecular complexity index is 929. The van der Waals surface area contributed by atoms with E-state index in [1.54, 1.807) is 48.5 Å². The predicted molar refractivity (Wildman–Crippen MR) is 107 cm³/mol. The number of nitrogens with one attached hydrogen (secondary N) is 1. The van der Waals surface area contributed by atoms with Gasteiger partial charge in [-0.05, 0) is 23.8 Å². The van der Waals surface area contributed by atoms with Crippen molar-refractivity contribution in [3.63, 3.8) is 0 Å². The van der Waals surface area contributed by atoms with Crippen LogP contribution in [0.25, 0.3) is 0 Å². The van der Waals surface area contributed by atoms with E-state index in [1.165, 1.54) is 4.31 Å². The summed E-state index contributed by atoms with van der Waals surface area (Å²) in [6.07, 6.45) is 1.64. The van der Waals surface area contributed by atoms with E-state index >= 15 is 0 Å². The smallest absolute Gasteiger partial charge is 0.317 e. The van der Waals surface area contributed by atoms with Crippen molar-refractivity contribution in [1.82, 2.24) is 19.5 Å². The summed E-state index contributed by atoms with van der Waals surface area (Å²) in [6.45, 7) is 1.52. The number of rotatable bonds is 5. The summed E-state index contributed by atoms with van der Waals surface area (Å²) >= 11 is 3.30. The van der Waals surface area contributed by atoms with Gasteiger partial charge in [-0.1, -0.05) is 28.1 Å². The molecule has 0 aliphatic carbocycles. The van der Waals surface area contributed by atoms with Crippen molar-refractivity contribution >= 4 is 32.0 Å². The molecule has 0 unspecified atom stereocenters. The van der Waals surface area contributed by atoms with E-state index in [1.807, 2.05) is 6.07 Å².